The van der Waals surface area contributed by atoms with Crippen molar-refractivity contribution >= 4 is 11.8 Å². The fourth-order valence-electron chi connectivity index (χ4n) is 3.55. The summed E-state index contributed by atoms with van der Waals surface area (Å²) in [6, 6.07) is 5.20. The predicted octanol–water partition coefficient (Wildman–Crippen LogP) is 1.33. The van der Waals surface area contributed by atoms with Crippen LogP contribution in [0.25, 0.3) is 0 Å². The first-order valence-electron chi connectivity index (χ1n) is 8.25. The van der Waals surface area contributed by atoms with Crippen molar-refractivity contribution in [2.75, 3.05) is 20.8 Å². The maximum absolute atomic E-state index is 13.2. The van der Waals surface area contributed by atoms with E-state index in [-0.39, 0.29) is 35.0 Å². The number of methoxy groups -OCH3 is 2. The number of hydrogen-bond donors (Lipinski definition) is 3. The molecule has 0 unspecified atom stereocenters. The highest BCUT2D eigenvalue weighted by atomic mass is 16.6. The van der Waals surface area contributed by atoms with Crippen molar-refractivity contribution in [2.24, 2.45) is 0 Å². The molecule has 9 heteroatoms. The molecule has 146 valence electrons. The Morgan fingerprint density at radius 2 is 1.89 bits per heavy atom. The third kappa shape index (κ3) is 2.23. The maximum Gasteiger partial charge on any atom is 0.343 e. The molecule has 2 aromatic carbocycles. The van der Waals surface area contributed by atoms with E-state index in [9.17, 15) is 24.9 Å². The highest BCUT2D eigenvalue weighted by molar-refractivity contribution is 6.10. The van der Waals surface area contributed by atoms with Crippen LogP contribution in [0, 0.1) is 0 Å². The molecule has 28 heavy (non-hydrogen) atoms. The Morgan fingerprint density at radius 1 is 1.21 bits per heavy atom. The summed E-state index contributed by atoms with van der Waals surface area (Å²) in [5, 5.41) is 30.6. The van der Waals surface area contributed by atoms with Crippen molar-refractivity contribution in [2.45, 2.75) is 11.7 Å². The zero-order valence-electron chi connectivity index (χ0n) is 14.9. The van der Waals surface area contributed by atoms with Gasteiger partial charge < -0.3 is 34.3 Å². The number of phenols is 1. The van der Waals surface area contributed by atoms with Gasteiger partial charge in [0, 0.05) is 11.6 Å². The van der Waals surface area contributed by atoms with Crippen LogP contribution in [-0.2, 0) is 5.60 Å². The molecule has 0 aliphatic carbocycles. The second-order valence-electron chi connectivity index (χ2n) is 6.36. The number of benzene rings is 2. The number of carbonyl (C=O) groups is 2. The van der Waals surface area contributed by atoms with E-state index in [4.69, 9.17) is 18.9 Å². The minimum atomic E-state index is -2.13. The molecule has 0 saturated carbocycles. The number of aliphatic hydroxyl groups is 1. The first kappa shape index (κ1) is 17.9. The zero-order chi connectivity index (χ0) is 20.2. The molecule has 3 N–H and O–H groups in total. The van der Waals surface area contributed by atoms with Crippen LogP contribution in [0.5, 0.6) is 28.7 Å². The molecule has 0 amide bonds. The van der Waals surface area contributed by atoms with Gasteiger partial charge in [-0.3, -0.25) is 4.79 Å². The Labute approximate surface area is 158 Å². The van der Waals surface area contributed by atoms with E-state index in [1.807, 2.05) is 0 Å². The number of hydrogen-bond acceptors (Lipinski definition) is 8. The third-order valence-electron chi connectivity index (χ3n) is 4.95. The van der Waals surface area contributed by atoms with Crippen LogP contribution in [0.1, 0.15) is 26.3 Å². The van der Waals surface area contributed by atoms with Gasteiger partial charge in [0.25, 0.3) is 0 Å². The van der Waals surface area contributed by atoms with Crippen LogP contribution in [0.15, 0.2) is 24.3 Å². The summed E-state index contributed by atoms with van der Waals surface area (Å²) in [7, 11) is 2.85. The number of carbonyl (C=O) groups excluding carboxylic acids is 1. The Bertz CT molecular complexity index is 1010. The second-order valence-corrected chi connectivity index (χ2v) is 6.36. The monoisotopic (exact) mass is 388 g/mol. The molecule has 0 fully saturated rings. The molecular weight excluding hydrogens is 372 g/mol. The summed E-state index contributed by atoms with van der Waals surface area (Å²) in [6.45, 7) is -0.223. The van der Waals surface area contributed by atoms with Gasteiger partial charge in [-0.2, -0.15) is 0 Å². The van der Waals surface area contributed by atoms with Crippen LogP contribution in [0.4, 0.5) is 0 Å². The molecule has 0 spiro atoms. The molecule has 2 aliphatic heterocycles. The fraction of sp³-hybridized carbons (Fsp3) is 0.263. The summed E-state index contributed by atoms with van der Waals surface area (Å²) < 4.78 is 21.7. The molecule has 2 aromatic rings. The topological polar surface area (TPSA) is 132 Å². The first-order valence-corrected chi connectivity index (χ1v) is 8.25. The van der Waals surface area contributed by atoms with Crippen LogP contribution < -0.4 is 18.9 Å². The molecule has 2 aliphatic rings. The van der Waals surface area contributed by atoms with Crippen LogP contribution in [0.3, 0.4) is 0 Å². The maximum atomic E-state index is 13.2. The van der Waals surface area contributed by atoms with E-state index < -0.39 is 34.8 Å². The summed E-state index contributed by atoms with van der Waals surface area (Å²) in [6.07, 6.45) is -1.22. The van der Waals surface area contributed by atoms with Gasteiger partial charge in [-0.25, -0.2) is 4.79 Å². The van der Waals surface area contributed by atoms with Gasteiger partial charge in [0.1, 0.15) is 29.4 Å². The number of carboxylic acid groups (broad SMARTS) is 1. The van der Waals surface area contributed by atoms with E-state index in [0.717, 1.165) is 6.07 Å². The van der Waals surface area contributed by atoms with E-state index >= 15 is 0 Å². The zero-order valence-corrected chi connectivity index (χ0v) is 14.9. The summed E-state index contributed by atoms with van der Waals surface area (Å²) >= 11 is 0. The van der Waals surface area contributed by atoms with E-state index in [2.05, 4.69) is 0 Å². The van der Waals surface area contributed by atoms with Gasteiger partial charge in [0.05, 0.1) is 19.8 Å². The number of ketones is 1. The largest absolute Gasteiger partial charge is 0.507 e. The first-order chi connectivity index (χ1) is 13.3. The lowest BCUT2D eigenvalue weighted by atomic mass is 9.77. The SMILES string of the molecule is COc1cc2c(cc1OC)[C@]1(O)C(=O)c3ccc(O)c(C(=O)O)c3O[C@H]1CO2. The minimum Gasteiger partial charge on any atom is -0.507 e. The molecule has 0 bridgehead atoms. The molecule has 0 radical (unpaired) electrons. The molecule has 2 heterocycles. The number of aromatic hydroxyl groups is 1. The summed E-state index contributed by atoms with van der Waals surface area (Å²) in [4.78, 5) is 24.8. The summed E-state index contributed by atoms with van der Waals surface area (Å²) in [5.74, 6) is -2.24. The molecule has 2 atom stereocenters. The molecular formula is C19H16O9. The van der Waals surface area contributed by atoms with E-state index in [1.54, 1.807) is 0 Å². The smallest absolute Gasteiger partial charge is 0.343 e. The average Bonchev–Trinajstić information content (AvgIpc) is 2.67. The van der Waals surface area contributed by atoms with Crippen molar-refractivity contribution in [3.8, 4) is 28.7 Å². The Balaban J connectivity index is 1.93. The van der Waals surface area contributed by atoms with Crippen LogP contribution >= 0.6 is 0 Å². The normalized spacial score (nSPS) is 22.1. The number of ether oxygens (including phenoxy) is 4. The third-order valence-corrected chi connectivity index (χ3v) is 4.95. The molecule has 9 nitrogen and oxygen atoms in total. The van der Waals surface area contributed by atoms with E-state index in [0.29, 0.717) is 5.75 Å². The minimum absolute atomic E-state index is 0.113. The Morgan fingerprint density at radius 3 is 2.54 bits per heavy atom. The lowest BCUT2D eigenvalue weighted by molar-refractivity contribution is -0.0803. The fourth-order valence-corrected chi connectivity index (χ4v) is 3.55. The van der Waals surface area contributed by atoms with Crippen LogP contribution in [-0.4, -0.2) is 54.0 Å². The van der Waals surface area contributed by atoms with Gasteiger partial charge in [-0.05, 0) is 18.2 Å². The van der Waals surface area contributed by atoms with Crippen molar-refractivity contribution in [1.29, 1.82) is 0 Å². The Hall–Kier alpha value is -3.46. The molecule has 4 rings (SSSR count). The Kier molecular flexibility index (Phi) is 3.86. The number of aromatic carboxylic acids is 1. The number of Topliss-reactive ketones (excluding diaryl/α,β-unsaturated/α-hetero) is 1. The lowest BCUT2D eigenvalue weighted by Crippen LogP contribution is -2.57. The summed E-state index contributed by atoms with van der Waals surface area (Å²) in [5.41, 5.74) is -2.73. The predicted molar refractivity (Wildman–Crippen MR) is 92.8 cm³/mol. The van der Waals surface area contributed by atoms with Gasteiger partial charge in [-0.1, -0.05) is 0 Å². The van der Waals surface area contributed by atoms with Gasteiger partial charge in [0.15, 0.2) is 23.2 Å². The lowest BCUT2D eigenvalue weighted by Gasteiger charge is -2.43. The van der Waals surface area contributed by atoms with Crippen molar-refractivity contribution in [3.05, 3.63) is 41.0 Å². The van der Waals surface area contributed by atoms with Crippen molar-refractivity contribution < 1.29 is 43.9 Å². The molecule has 0 aromatic heterocycles. The molecule has 0 saturated heterocycles. The standard InChI is InChI=1S/C19H16O9/c1-25-12-5-9-11(6-13(12)26-2)27-7-14-19(9,24)17(21)8-3-4-10(20)15(18(22)23)16(8)28-14/h3-6,14,20,24H,7H2,1-2H3,(H,22,23)/t14-,19+/m0/s1. The average molecular weight is 388 g/mol. The van der Waals surface area contributed by atoms with Gasteiger partial charge in [0.2, 0.25) is 5.78 Å². The van der Waals surface area contributed by atoms with Crippen molar-refractivity contribution in [3.63, 3.8) is 0 Å². The van der Waals surface area contributed by atoms with Crippen LogP contribution in [0.2, 0.25) is 0 Å². The highest BCUT2D eigenvalue weighted by Crippen LogP contribution is 2.50. The van der Waals surface area contributed by atoms with E-state index in [1.165, 1.54) is 32.4 Å². The second kappa shape index (κ2) is 6.03. The number of carboxylic acids is 1. The van der Waals surface area contributed by atoms with Gasteiger partial charge in [-0.15, -0.1) is 0 Å². The highest BCUT2D eigenvalue weighted by Gasteiger charge is 2.56. The van der Waals surface area contributed by atoms with Crippen molar-refractivity contribution in [1.82, 2.24) is 0 Å². The number of rotatable bonds is 3. The quantitative estimate of drug-likeness (QED) is 0.712. The van der Waals surface area contributed by atoms with Gasteiger partial charge >= 0.3 is 5.97 Å². The number of fused-ring (bicyclic) bond motifs is 4.